The zero-order valence-corrected chi connectivity index (χ0v) is 29.2. The Hall–Kier alpha value is -5.98. The van der Waals surface area contributed by atoms with E-state index in [-0.39, 0.29) is 51.1 Å². The van der Waals surface area contributed by atoms with Gasteiger partial charge < -0.3 is 39.2 Å². The second-order valence-corrected chi connectivity index (χ2v) is 14.9. The predicted octanol–water partition coefficient (Wildman–Crippen LogP) is -1.32. The van der Waals surface area contributed by atoms with Crippen LogP contribution in [0.3, 0.4) is 0 Å². The van der Waals surface area contributed by atoms with Gasteiger partial charge in [0.15, 0.2) is 17.2 Å². The van der Waals surface area contributed by atoms with E-state index in [1.54, 1.807) is 17.0 Å². The Morgan fingerprint density at radius 3 is 2.08 bits per heavy atom. The van der Waals surface area contributed by atoms with Crippen molar-refractivity contribution in [3.05, 3.63) is 62.7 Å². The van der Waals surface area contributed by atoms with E-state index in [4.69, 9.17) is 24.1 Å². The molecular weight excluding hydrogens is 773 g/mol. The van der Waals surface area contributed by atoms with Gasteiger partial charge in [-0.25, -0.2) is 9.69 Å². The third-order valence-corrected chi connectivity index (χ3v) is 10.8. The Morgan fingerprint density at radius 2 is 1.45 bits per heavy atom. The van der Waals surface area contributed by atoms with Crippen molar-refractivity contribution in [2.75, 3.05) is 30.5 Å². The van der Waals surface area contributed by atoms with E-state index in [1.807, 2.05) is 0 Å². The van der Waals surface area contributed by atoms with Gasteiger partial charge in [-0.1, -0.05) is 0 Å². The Balaban J connectivity index is 1.57. The number of thiazole rings is 2. The highest BCUT2D eigenvalue weighted by Crippen LogP contribution is 2.48. The van der Waals surface area contributed by atoms with Gasteiger partial charge in [0.1, 0.15) is 33.5 Å². The van der Waals surface area contributed by atoms with Crippen LogP contribution in [-0.4, -0.2) is 97.9 Å². The minimum absolute atomic E-state index is 0.000996. The molecule has 4 N–H and O–H groups in total. The highest BCUT2D eigenvalue weighted by atomic mass is 32.2. The lowest BCUT2D eigenvalue weighted by atomic mass is 10.2. The van der Waals surface area contributed by atoms with Crippen LogP contribution in [0.4, 0.5) is 10.5 Å². The van der Waals surface area contributed by atoms with Gasteiger partial charge in [-0.3, -0.25) is 42.5 Å². The summed E-state index contributed by atoms with van der Waals surface area (Å²) in [5, 5.41) is 28.3. The van der Waals surface area contributed by atoms with E-state index in [2.05, 4.69) is 0 Å². The number of fused-ring (bicyclic) bond motifs is 2. The molecule has 2 aromatic heterocycles. The second-order valence-electron chi connectivity index (χ2n) is 11.3. The average Bonchev–Trinajstić information content (AvgIpc) is 3.86. The molecule has 21 nitrogen and oxygen atoms in total. The molecule has 6 rings (SSSR count). The van der Waals surface area contributed by atoms with Crippen molar-refractivity contribution in [1.29, 1.82) is 0 Å². The van der Waals surface area contributed by atoms with Crippen molar-refractivity contribution < 1.29 is 71.2 Å². The van der Waals surface area contributed by atoms with Crippen molar-refractivity contribution in [3.63, 3.8) is 0 Å². The number of carboxylic acids is 3. The molecule has 1 aromatic carbocycles. The van der Waals surface area contributed by atoms with Gasteiger partial charge in [-0.2, -0.15) is 8.42 Å². The summed E-state index contributed by atoms with van der Waals surface area (Å²) in [6.45, 7) is -1.65. The SMILES string of the molecule is CC(C=c1s/c(=c2/sc(=C3OC(=O)N(CC(=O)O)C3=O)n(CC(=O)O)c2=O)n(CC(=O)O)c1=O)=C1Oc2cc3c(cc2N1CCCS(=O)(=O)O)OCO3. The first kappa shape index (κ1) is 36.8. The van der Waals surface area contributed by atoms with Crippen LogP contribution in [0.1, 0.15) is 13.3 Å². The summed E-state index contributed by atoms with van der Waals surface area (Å²) in [5.74, 6) is -6.21. The Labute approximate surface area is 301 Å². The molecule has 0 spiro atoms. The zero-order chi connectivity index (χ0) is 38.5. The molecule has 5 heterocycles. The van der Waals surface area contributed by atoms with Crippen LogP contribution >= 0.6 is 22.7 Å². The maximum atomic E-state index is 13.7. The fraction of sp³-hybridized carbons (Fsp3) is 0.276. The number of carbonyl (C=O) groups excluding carboxylic acids is 2. The number of aromatic nitrogens is 2. The number of carbonyl (C=O) groups is 5. The number of imide groups is 1. The molecule has 280 valence electrons. The van der Waals surface area contributed by atoms with Crippen LogP contribution in [0.15, 0.2) is 33.2 Å². The van der Waals surface area contributed by atoms with Gasteiger partial charge in [-0.05, 0) is 19.4 Å². The van der Waals surface area contributed by atoms with Gasteiger partial charge in [0.25, 0.3) is 21.2 Å². The smallest absolute Gasteiger partial charge is 0.423 e. The molecular formula is C29H24N4O17S3. The molecule has 0 saturated carbocycles. The third-order valence-electron chi connectivity index (χ3n) is 7.57. The molecule has 3 aliphatic heterocycles. The quantitative estimate of drug-likeness (QED) is 0.164. The number of hydrogen-bond acceptors (Lipinski definition) is 16. The van der Waals surface area contributed by atoms with Crippen molar-refractivity contribution in [3.8, 4) is 17.2 Å². The molecule has 1 saturated heterocycles. The lowest BCUT2D eigenvalue weighted by molar-refractivity contribution is -0.140. The van der Waals surface area contributed by atoms with Crippen LogP contribution in [0.25, 0.3) is 11.8 Å². The van der Waals surface area contributed by atoms with Gasteiger partial charge in [0.05, 0.1) is 16.0 Å². The minimum atomic E-state index is -4.32. The first-order valence-electron chi connectivity index (χ1n) is 14.9. The Morgan fingerprint density at radius 1 is 0.830 bits per heavy atom. The van der Waals surface area contributed by atoms with Crippen molar-refractivity contribution >= 4 is 80.2 Å². The van der Waals surface area contributed by atoms with E-state index >= 15 is 0 Å². The number of cyclic esters (lactones) is 1. The first-order chi connectivity index (χ1) is 24.9. The zero-order valence-electron chi connectivity index (χ0n) is 26.8. The van der Waals surface area contributed by atoms with Crippen molar-refractivity contribution in [2.24, 2.45) is 0 Å². The number of anilines is 1. The molecule has 24 heteroatoms. The summed E-state index contributed by atoms with van der Waals surface area (Å²) in [4.78, 5) is 89.3. The monoisotopic (exact) mass is 796 g/mol. The highest BCUT2D eigenvalue weighted by Gasteiger charge is 2.40. The van der Waals surface area contributed by atoms with Crippen molar-refractivity contribution in [1.82, 2.24) is 14.0 Å². The van der Waals surface area contributed by atoms with Crippen LogP contribution in [-0.2, 0) is 47.1 Å². The van der Waals surface area contributed by atoms with E-state index in [0.29, 0.717) is 44.4 Å². The van der Waals surface area contributed by atoms with Gasteiger partial charge >= 0.3 is 29.9 Å². The summed E-state index contributed by atoms with van der Waals surface area (Å²) in [7, 11) is -4.32. The number of benzene rings is 1. The molecule has 2 amide bonds. The lowest BCUT2D eigenvalue weighted by Crippen LogP contribution is -2.35. The van der Waals surface area contributed by atoms with Crippen LogP contribution in [0.2, 0.25) is 0 Å². The van der Waals surface area contributed by atoms with E-state index in [1.165, 1.54) is 13.0 Å². The molecule has 0 bridgehead atoms. The fourth-order valence-electron chi connectivity index (χ4n) is 5.41. The van der Waals surface area contributed by atoms with E-state index < -0.39 is 91.5 Å². The minimum Gasteiger partial charge on any atom is -0.480 e. The van der Waals surface area contributed by atoms with Crippen LogP contribution in [0, 0.1) is 9.20 Å². The number of carboxylic acid groups (broad SMARTS) is 3. The number of nitrogens with zero attached hydrogens (tertiary/aromatic N) is 4. The normalized spacial score (nSPS) is 18.0. The maximum absolute atomic E-state index is 13.7. The number of aliphatic carboxylic acids is 3. The Kier molecular flexibility index (Phi) is 9.63. The summed E-state index contributed by atoms with van der Waals surface area (Å²) in [5.41, 5.74) is -1.30. The standard InChI is InChI=1S/C29H24N4O17S3/c1-12(26-30(3-2-4-53(44,45)46)13-6-15-16(48-11-47-15)7-14(13)49-26)5-17-23(40)31(8-18(34)35)28(51-17)22-25(42)32(9-19(36)37)27(52-22)21-24(41)33(10-20(38)39)29(43)50-21/h5-7H,2-4,8-11H2,1H3,(H,34,35)(H,36,37)(H,38,39)(H,44,45,46)/b17-5?,26-12?,27-21?,28-22+. The molecule has 0 atom stereocenters. The average molecular weight is 797 g/mol. The summed E-state index contributed by atoms with van der Waals surface area (Å²) in [6.07, 6.45) is -0.142. The number of amides is 2. The molecule has 53 heavy (non-hydrogen) atoms. The molecule has 0 unspecified atom stereocenters. The van der Waals surface area contributed by atoms with Gasteiger partial charge in [-0.15, -0.1) is 22.7 Å². The molecule has 3 aromatic rings. The molecule has 0 aliphatic carbocycles. The molecule has 3 aliphatic rings. The maximum Gasteiger partial charge on any atom is 0.423 e. The molecule has 1 fully saturated rings. The number of ether oxygens (including phenoxy) is 4. The topological polar surface area (TPSA) is 288 Å². The fourth-order valence-corrected chi connectivity index (χ4v) is 8.30. The second kappa shape index (κ2) is 13.9. The predicted molar refractivity (Wildman–Crippen MR) is 177 cm³/mol. The first-order valence-corrected chi connectivity index (χ1v) is 18.1. The van der Waals surface area contributed by atoms with E-state index in [0.717, 1.165) is 4.57 Å². The number of rotatable bonds is 11. The number of hydrogen-bond donors (Lipinski definition) is 4. The summed E-state index contributed by atoms with van der Waals surface area (Å²) >= 11 is 1.04. The van der Waals surface area contributed by atoms with E-state index in [9.17, 15) is 56.7 Å². The molecule has 0 radical (unpaired) electrons. The third kappa shape index (κ3) is 7.24. The highest BCUT2D eigenvalue weighted by molar-refractivity contribution is 7.85. The van der Waals surface area contributed by atoms with Gasteiger partial charge in [0, 0.05) is 24.3 Å². The Bertz CT molecular complexity index is 2630. The lowest BCUT2D eigenvalue weighted by Gasteiger charge is -2.19. The van der Waals surface area contributed by atoms with Crippen molar-refractivity contribution in [2.45, 2.75) is 26.4 Å². The summed E-state index contributed by atoms with van der Waals surface area (Å²) in [6, 6.07) is 3.13. The van der Waals surface area contributed by atoms with Crippen LogP contribution < -0.4 is 39.4 Å². The largest absolute Gasteiger partial charge is 0.480 e. The van der Waals surface area contributed by atoms with Gasteiger partial charge in [0.2, 0.25) is 18.4 Å². The number of allylic oxidation sites excluding steroid dienone is 1. The van der Waals surface area contributed by atoms with Crippen LogP contribution in [0.5, 0.6) is 17.2 Å². The summed E-state index contributed by atoms with van der Waals surface area (Å²) < 4.78 is 54.0.